The number of aldehydes is 1. The summed E-state index contributed by atoms with van der Waals surface area (Å²) < 4.78 is 0. The van der Waals surface area contributed by atoms with Gasteiger partial charge in [0.2, 0.25) is 0 Å². The van der Waals surface area contributed by atoms with Gasteiger partial charge >= 0.3 is 0 Å². The molecule has 2 aromatic rings. The van der Waals surface area contributed by atoms with Crippen LogP contribution in [0.1, 0.15) is 11.1 Å². The van der Waals surface area contributed by atoms with Crippen LogP contribution in [0, 0.1) is 6.92 Å². The smallest absolute Gasteiger partial charge is 0.142 e. The van der Waals surface area contributed by atoms with Crippen LogP contribution >= 0.6 is 11.6 Å². The molecule has 3 heteroatoms. The largest absolute Gasteiger partial charge is 0.299 e. The van der Waals surface area contributed by atoms with Crippen molar-refractivity contribution in [1.82, 2.24) is 4.98 Å². The molecule has 0 aliphatic heterocycles. The maximum absolute atomic E-state index is 10.3. The number of rotatable bonds is 2. The molecule has 2 rings (SSSR count). The predicted octanol–water partition coefficient (Wildman–Crippen LogP) is 3.41. The van der Waals surface area contributed by atoms with Gasteiger partial charge in [-0.05, 0) is 30.7 Å². The number of benzene rings is 1. The first-order chi connectivity index (χ1) is 7.72. The molecule has 0 aliphatic rings. The summed E-state index contributed by atoms with van der Waals surface area (Å²) in [5.41, 5.74) is 2.74. The van der Waals surface area contributed by atoms with Crippen molar-refractivity contribution in [2.75, 3.05) is 0 Å². The Labute approximate surface area is 98.6 Å². The number of hydrogen-bond acceptors (Lipinski definition) is 2. The summed E-state index contributed by atoms with van der Waals surface area (Å²) in [6.07, 6.45) is 3.78. The van der Waals surface area contributed by atoms with Crippen molar-refractivity contribution < 1.29 is 4.79 Å². The van der Waals surface area contributed by atoms with E-state index in [2.05, 4.69) is 4.98 Å². The standard InChI is InChI=1S/C13H10ClNO/c1-9-4-2-5-10-8-11(6-3-7-16)13(14)15-12(9)10/h2-8H,1H3. The van der Waals surface area contributed by atoms with Gasteiger partial charge < -0.3 is 0 Å². The lowest BCUT2D eigenvalue weighted by Gasteiger charge is -2.04. The molecule has 0 amide bonds. The van der Waals surface area contributed by atoms with Crippen molar-refractivity contribution in [1.29, 1.82) is 0 Å². The fraction of sp³-hybridized carbons (Fsp3) is 0.0769. The molecule has 0 saturated carbocycles. The van der Waals surface area contributed by atoms with E-state index < -0.39 is 0 Å². The molecular weight excluding hydrogens is 222 g/mol. The van der Waals surface area contributed by atoms with E-state index in [9.17, 15) is 4.79 Å². The summed E-state index contributed by atoms with van der Waals surface area (Å²) in [6, 6.07) is 7.87. The Hall–Kier alpha value is -1.67. The number of aryl methyl sites for hydroxylation is 1. The van der Waals surface area contributed by atoms with Crippen LogP contribution in [0.25, 0.3) is 17.0 Å². The average molecular weight is 232 g/mol. The highest BCUT2D eigenvalue weighted by molar-refractivity contribution is 6.31. The van der Waals surface area contributed by atoms with E-state index in [0.29, 0.717) is 5.15 Å². The molecular formula is C13H10ClNO. The molecule has 0 spiro atoms. The minimum atomic E-state index is 0.417. The molecule has 0 atom stereocenters. The number of para-hydroxylation sites is 1. The van der Waals surface area contributed by atoms with Crippen LogP contribution in [0.3, 0.4) is 0 Å². The van der Waals surface area contributed by atoms with Crippen molar-refractivity contribution >= 4 is 34.9 Å². The molecule has 16 heavy (non-hydrogen) atoms. The zero-order chi connectivity index (χ0) is 11.5. The van der Waals surface area contributed by atoms with Gasteiger partial charge in [-0.3, -0.25) is 4.79 Å². The summed E-state index contributed by atoms with van der Waals surface area (Å²) in [5, 5.41) is 1.44. The second kappa shape index (κ2) is 4.45. The van der Waals surface area contributed by atoms with Gasteiger partial charge in [0.05, 0.1) is 5.52 Å². The zero-order valence-electron chi connectivity index (χ0n) is 8.77. The zero-order valence-corrected chi connectivity index (χ0v) is 9.53. The molecule has 0 radical (unpaired) electrons. The summed E-state index contributed by atoms with van der Waals surface area (Å²) in [6.45, 7) is 1.99. The highest BCUT2D eigenvalue weighted by Crippen LogP contribution is 2.23. The minimum Gasteiger partial charge on any atom is -0.299 e. The van der Waals surface area contributed by atoms with Crippen molar-refractivity contribution in [2.45, 2.75) is 6.92 Å². The van der Waals surface area contributed by atoms with Crippen LogP contribution in [-0.4, -0.2) is 11.3 Å². The number of nitrogens with zero attached hydrogens (tertiary/aromatic N) is 1. The number of hydrogen-bond donors (Lipinski definition) is 0. The third kappa shape index (κ3) is 1.97. The number of halogens is 1. The fourth-order valence-electron chi connectivity index (χ4n) is 1.60. The normalized spacial score (nSPS) is 11.1. The Bertz CT molecular complexity index is 575. The first kappa shape index (κ1) is 10.8. The molecule has 80 valence electrons. The lowest BCUT2D eigenvalue weighted by molar-refractivity contribution is -0.104. The van der Waals surface area contributed by atoms with Crippen molar-refractivity contribution in [3.8, 4) is 0 Å². The Morgan fingerprint density at radius 3 is 2.94 bits per heavy atom. The van der Waals surface area contributed by atoms with Crippen LogP contribution in [-0.2, 0) is 4.79 Å². The maximum Gasteiger partial charge on any atom is 0.142 e. The Morgan fingerprint density at radius 2 is 2.19 bits per heavy atom. The summed E-state index contributed by atoms with van der Waals surface area (Å²) in [5.74, 6) is 0. The van der Waals surface area contributed by atoms with Crippen LogP contribution in [0.2, 0.25) is 5.15 Å². The van der Waals surface area contributed by atoms with Gasteiger partial charge in [-0.1, -0.05) is 29.8 Å². The van der Waals surface area contributed by atoms with Crippen LogP contribution in [0.4, 0.5) is 0 Å². The topological polar surface area (TPSA) is 30.0 Å². The molecule has 0 aliphatic carbocycles. The molecule has 1 aromatic carbocycles. The summed E-state index contributed by atoms with van der Waals surface area (Å²) in [7, 11) is 0. The Kier molecular flexibility index (Phi) is 3.02. The first-order valence-corrected chi connectivity index (χ1v) is 5.28. The summed E-state index contributed by atoms with van der Waals surface area (Å²) in [4.78, 5) is 14.6. The monoisotopic (exact) mass is 231 g/mol. The lowest BCUT2D eigenvalue weighted by atomic mass is 10.1. The van der Waals surface area contributed by atoms with Crippen molar-refractivity contribution in [3.63, 3.8) is 0 Å². The van der Waals surface area contributed by atoms with E-state index in [1.165, 1.54) is 6.08 Å². The maximum atomic E-state index is 10.3. The number of carbonyl (C=O) groups is 1. The van der Waals surface area contributed by atoms with E-state index in [-0.39, 0.29) is 0 Å². The molecule has 0 unspecified atom stereocenters. The number of fused-ring (bicyclic) bond motifs is 1. The second-order valence-corrected chi connectivity index (χ2v) is 3.87. The third-order valence-electron chi connectivity index (χ3n) is 2.38. The molecule has 0 bridgehead atoms. The number of allylic oxidation sites excluding steroid dienone is 1. The van der Waals surface area contributed by atoms with E-state index in [4.69, 9.17) is 11.6 Å². The number of aromatic nitrogens is 1. The SMILES string of the molecule is Cc1cccc2cc(C=CC=O)c(Cl)nc12. The van der Waals surface area contributed by atoms with E-state index in [1.54, 1.807) is 6.08 Å². The molecule has 1 aromatic heterocycles. The quantitative estimate of drug-likeness (QED) is 0.450. The second-order valence-electron chi connectivity index (χ2n) is 3.51. The highest BCUT2D eigenvalue weighted by Gasteiger charge is 2.03. The van der Waals surface area contributed by atoms with Gasteiger partial charge in [0.15, 0.2) is 0 Å². The third-order valence-corrected chi connectivity index (χ3v) is 2.69. The lowest BCUT2D eigenvalue weighted by Crippen LogP contribution is -1.87. The van der Waals surface area contributed by atoms with Gasteiger partial charge in [-0.2, -0.15) is 0 Å². The van der Waals surface area contributed by atoms with Crippen molar-refractivity contribution in [3.05, 3.63) is 46.6 Å². The van der Waals surface area contributed by atoms with Crippen LogP contribution in [0.5, 0.6) is 0 Å². The van der Waals surface area contributed by atoms with E-state index in [1.807, 2.05) is 31.2 Å². The molecule has 0 N–H and O–H groups in total. The van der Waals surface area contributed by atoms with Gasteiger partial charge in [-0.25, -0.2) is 4.98 Å². The van der Waals surface area contributed by atoms with Crippen molar-refractivity contribution in [2.24, 2.45) is 0 Å². The Balaban J connectivity index is 2.67. The van der Waals surface area contributed by atoms with Crippen LogP contribution in [0.15, 0.2) is 30.3 Å². The van der Waals surface area contributed by atoms with Gasteiger partial charge in [0, 0.05) is 10.9 Å². The highest BCUT2D eigenvalue weighted by atomic mass is 35.5. The van der Waals surface area contributed by atoms with Gasteiger partial charge in [0.25, 0.3) is 0 Å². The minimum absolute atomic E-state index is 0.417. The summed E-state index contributed by atoms with van der Waals surface area (Å²) >= 11 is 6.03. The van der Waals surface area contributed by atoms with Crippen LogP contribution < -0.4 is 0 Å². The average Bonchev–Trinajstić information content (AvgIpc) is 2.28. The fourth-order valence-corrected chi connectivity index (χ4v) is 1.80. The van der Waals surface area contributed by atoms with Gasteiger partial charge in [0.1, 0.15) is 11.4 Å². The molecule has 0 saturated heterocycles. The van der Waals surface area contributed by atoms with E-state index >= 15 is 0 Å². The number of pyridine rings is 1. The Morgan fingerprint density at radius 1 is 1.38 bits per heavy atom. The number of carbonyl (C=O) groups excluding carboxylic acids is 1. The molecule has 0 fully saturated rings. The van der Waals surface area contributed by atoms with E-state index in [0.717, 1.165) is 28.3 Å². The predicted molar refractivity (Wildman–Crippen MR) is 66.6 cm³/mol. The first-order valence-electron chi connectivity index (χ1n) is 4.90. The molecule has 2 nitrogen and oxygen atoms in total. The van der Waals surface area contributed by atoms with Gasteiger partial charge in [-0.15, -0.1) is 0 Å². The molecule has 1 heterocycles.